The predicted molar refractivity (Wildman–Crippen MR) is 97.9 cm³/mol. The number of ether oxygens (including phenoxy) is 4. The molecule has 6 heteroatoms. The van der Waals surface area contributed by atoms with E-state index in [0.29, 0.717) is 13.2 Å². The molecule has 1 unspecified atom stereocenters. The van der Waals surface area contributed by atoms with Crippen LogP contribution in [-0.4, -0.2) is 32.4 Å². The van der Waals surface area contributed by atoms with Crippen LogP contribution in [0.2, 0.25) is 0 Å². The minimum Gasteiger partial charge on any atom is -0.486 e. The number of fused-ring (bicyclic) bond motifs is 3. The summed E-state index contributed by atoms with van der Waals surface area (Å²) < 4.78 is 22.6. The Morgan fingerprint density at radius 2 is 1.65 bits per heavy atom. The molecule has 2 aromatic carbocycles. The summed E-state index contributed by atoms with van der Waals surface area (Å²) in [7, 11) is 0. The average Bonchev–Trinajstić information content (AvgIpc) is 3.13. The Bertz CT molecular complexity index is 894. The topological polar surface area (TPSA) is 52.5 Å². The van der Waals surface area contributed by atoms with E-state index >= 15 is 0 Å². The van der Waals surface area contributed by atoms with Crippen LogP contribution in [0.4, 0.5) is 5.69 Å². The summed E-state index contributed by atoms with van der Waals surface area (Å²) in [5.41, 5.74) is 3.26. The fraction of sp³-hybridized carbons (Fsp3) is 0.350. The van der Waals surface area contributed by atoms with Gasteiger partial charge in [-0.05, 0) is 37.6 Å². The van der Waals surface area contributed by atoms with Gasteiger partial charge in [-0.1, -0.05) is 6.07 Å². The van der Waals surface area contributed by atoms with Gasteiger partial charge in [0, 0.05) is 17.7 Å². The number of benzene rings is 2. The van der Waals surface area contributed by atoms with Gasteiger partial charge in [-0.25, -0.2) is 0 Å². The highest BCUT2D eigenvalue weighted by atomic mass is 16.7. The van der Waals surface area contributed by atoms with Gasteiger partial charge in [0.25, 0.3) is 0 Å². The fourth-order valence-corrected chi connectivity index (χ4v) is 3.58. The van der Waals surface area contributed by atoms with Gasteiger partial charge in [0.1, 0.15) is 19.3 Å². The Kier molecular flexibility index (Phi) is 3.45. The lowest BCUT2D eigenvalue weighted by Crippen LogP contribution is -2.33. The van der Waals surface area contributed by atoms with E-state index in [-0.39, 0.29) is 18.9 Å². The van der Waals surface area contributed by atoms with Crippen LogP contribution in [0.1, 0.15) is 31.0 Å². The van der Waals surface area contributed by atoms with Crippen LogP contribution in [0.15, 0.2) is 35.3 Å². The zero-order chi connectivity index (χ0) is 17.7. The molecule has 2 aromatic rings. The molecular weight excluding hydrogens is 332 g/mol. The molecule has 0 bridgehead atoms. The molecule has 0 N–H and O–H groups in total. The lowest BCUT2D eigenvalue weighted by Gasteiger charge is -2.34. The van der Waals surface area contributed by atoms with Gasteiger partial charge in [0.2, 0.25) is 6.79 Å². The Hall–Kier alpha value is -2.89. The van der Waals surface area contributed by atoms with Crippen molar-refractivity contribution in [3.05, 3.63) is 41.5 Å². The van der Waals surface area contributed by atoms with Gasteiger partial charge in [-0.3, -0.25) is 4.99 Å². The van der Waals surface area contributed by atoms with Crippen molar-refractivity contribution in [1.82, 2.24) is 0 Å². The quantitative estimate of drug-likeness (QED) is 0.828. The molecule has 6 nitrogen and oxygen atoms in total. The van der Waals surface area contributed by atoms with Crippen molar-refractivity contribution in [3.8, 4) is 23.0 Å². The zero-order valence-electron chi connectivity index (χ0n) is 14.8. The number of anilines is 1. The molecule has 0 saturated heterocycles. The van der Waals surface area contributed by atoms with Gasteiger partial charge < -0.3 is 23.8 Å². The van der Waals surface area contributed by atoms with Crippen LogP contribution < -0.4 is 23.8 Å². The molecule has 3 aliphatic heterocycles. The van der Waals surface area contributed by atoms with Crippen LogP contribution in [-0.2, 0) is 0 Å². The highest BCUT2D eigenvalue weighted by Gasteiger charge is 2.29. The van der Waals surface area contributed by atoms with Gasteiger partial charge in [0.05, 0.1) is 12.0 Å². The van der Waals surface area contributed by atoms with E-state index in [1.54, 1.807) is 0 Å². The van der Waals surface area contributed by atoms with Gasteiger partial charge in [0.15, 0.2) is 23.0 Å². The molecule has 0 saturated carbocycles. The zero-order valence-corrected chi connectivity index (χ0v) is 14.8. The summed E-state index contributed by atoms with van der Waals surface area (Å²) in [5.74, 6) is 3.12. The van der Waals surface area contributed by atoms with Crippen LogP contribution in [0.25, 0.3) is 0 Å². The minimum absolute atomic E-state index is 0.120. The van der Waals surface area contributed by atoms with E-state index in [2.05, 4.69) is 30.9 Å². The third-order valence-electron chi connectivity index (χ3n) is 4.87. The molecule has 0 spiro atoms. The molecular formula is C20H20N2O4. The van der Waals surface area contributed by atoms with Crippen molar-refractivity contribution in [2.45, 2.75) is 25.9 Å². The first-order valence-electron chi connectivity index (χ1n) is 8.85. The summed E-state index contributed by atoms with van der Waals surface area (Å²) in [6, 6.07) is 10.3. The van der Waals surface area contributed by atoms with Crippen LogP contribution in [0.3, 0.4) is 0 Å². The maximum Gasteiger partial charge on any atom is 0.231 e. The summed E-state index contributed by atoms with van der Waals surface area (Å²) in [6.07, 6.45) is 1.92. The van der Waals surface area contributed by atoms with E-state index in [1.807, 2.05) is 24.5 Å². The van der Waals surface area contributed by atoms with Gasteiger partial charge in [-0.15, -0.1) is 0 Å². The second kappa shape index (κ2) is 5.83. The molecule has 0 fully saturated rings. The Morgan fingerprint density at radius 1 is 0.923 bits per heavy atom. The van der Waals surface area contributed by atoms with Crippen molar-refractivity contribution in [2.75, 3.05) is 24.9 Å². The maximum atomic E-state index is 5.80. The van der Waals surface area contributed by atoms with Crippen LogP contribution in [0.5, 0.6) is 23.0 Å². The average molecular weight is 352 g/mol. The molecule has 26 heavy (non-hydrogen) atoms. The standard InChI is InChI=1S/C20H20N2O4/c1-12(2)22-10-21-20(13-3-4-16-17(7-13)26-11-25-16)14-8-18-19(9-15(14)22)24-6-5-23-18/h3-4,7-10,12,20H,5-6,11H2,1-2H3. The normalized spacial score (nSPS) is 19.7. The Morgan fingerprint density at radius 3 is 2.46 bits per heavy atom. The highest BCUT2D eigenvalue weighted by molar-refractivity contribution is 5.86. The Labute approximate surface area is 151 Å². The van der Waals surface area contributed by atoms with E-state index in [1.165, 1.54) is 0 Å². The SMILES string of the molecule is CC(C)N1C=NC(c2ccc3c(c2)OCO3)c2cc3c(cc21)OCCO3. The smallest absolute Gasteiger partial charge is 0.231 e. The lowest BCUT2D eigenvalue weighted by atomic mass is 9.94. The van der Waals surface area contributed by atoms with E-state index in [9.17, 15) is 0 Å². The van der Waals surface area contributed by atoms with E-state index in [4.69, 9.17) is 23.9 Å². The Balaban J connectivity index is 1.63. The molecule has 3 heterocycles. The first-order chi connectivity index (χ1) is 12.7. The van der Waals surface area contributed by atoms with Crippen LogP contribution in [0, 0.1) is 0 Å². The van der Waals surface area contributed by atoms with Crippen molar-refractivity contribution < 1.29 is 18.9 Å². The third-order valence-corrected chi connectivity index (χ3v) is 4.87. The predicted octanol–water partition coefficient (Wildman–Crippen LogP) is 3.53. The number of hydrogen-bond donors (Lipinski definition) is 0. The number of aliphatic imine (C=N–C) groups is 1. The minimum atomic E-state index is -0.120. The molecule has 0 aliphatic carbocycles. The first-order valence-corrected chi connectivity index (χ1v) is 8.85. The second-order valence-corrected chi connectivity index (χ2v) is 6.84. The van der Waals surface area contributed by atoms with Crippen molar-refractivity contribution in [3.63, 3.8) is 0 Å². The summed E-state index contributed by atoms with van der Waals surface area (Å²) in [6.45, 7) is 5.70. The number of nitrogens with zero attached hydrogens (tertiary/aromatic N) is 2. The van der Waals surface area contributed by atoms with Crippen molar-refractivity contribution in [2.24, 2.45) is 4.99 Å². The molecule has 3 aliphatic rings. The van der Waals surface area contributed by atoms with Crippen molar-refractivity contribution in [1.29, 1.82) is 0 Å². The molecule has 0 amide bonds. The maximum absolute atomic E-state index is 5.80. The largest absolute Gasteiger partial charge is 0.486 e. The van der Waals surface area contributed by atoms with Gasteiger partial charge in [-0.2, -0.15) is 0 Å². The molecule has 1 atom stereocenters. The monoisotopic (exact) mass is 352 g/mol. The van der Waals surface area contributed by atoms with E-state index < -0.39 is 0 Å². The summed E-state index contributed by atoms with van der Waals surface area (Å²) in [5, 5.41) is 0. The number of hydrogen-bond acceptors (Lipinski definition) is 6. The van der Waals surface area contributed by atoms with Crippen LogP contribution >= 0.6 is 0 Å². The summed E-state index contributed by atoms with van der Waals surface area (Å²) in [4.78, 5) is 6.99. The summed E-state index contributed by atoms with van der Waals surface area (Å²) >= 11 is 0. The third kappa shape index (κ3) is 2.36. The lowest BCUT2D eigenvalue weighted by molar-refractivity contribution is 0.171. The molecule has 5 rings (SSSR count). The first kappa shape index (κ1) is 15.4. The fourth-order valence-electron chi connectivity index (χ4n) is 3.58. The highest BCUT2D eigenvalue weighted by Crippen LogP contribution is 2.45. The molecule has 0 radical (unpaired) electrons. The van der Waals surface area contributed by atoms with Gasteiger partial charge >= 0.3 is 0 Å². The van der Waals surface area contributed by atoms with Crippen molar-refractivity contribution >= 4 is 12.0 Å². The second-order valence-electron chi connectivity index (χ2n) is 6.84. The van der Waals surface area contributed by atoms with E-state index in [0.717, 1.165) is 39.8 Å². The molecule has 134 valence electrons. The molecule has 0 aromatic heterocycles. The number of rotatable bonds is 2.